The van der Waals surface area contributed by atoms with Crippen LogP contribution in [0.1, 0.15) is 12.8 Å². The van der Waals surface area contributed by atoms with Gasteiger partial charge >= 0.3 is 0 Å². The molecule has 0 aromatic carbocycles. The number of piperazine rings is 1. The molecular formula is C12H23N3. The second-order valence-electron chi connectivity index (χ2n) is 4.60. The van der Waals surface area contributed by atoms with E-state index in [1.807, 2.05) is 6.08 Å². The Labute approximate surface area is 93.1 Å². The maximum absolute atomic E-state index is 3.70. The summed E-state index contributed by atoms with van der Waals surface area (Å²) in [6.45, 7) is 12.0. The van der Waals surface area contributed by atoms with Gasteiger partial charge in [-0.25, -0.2) is 0 Å². The van der Waals surface area contributed by atoms with Crippen LogP contribution in [0, 0.1) is 0 Å². The molecule has 0 bridgehead atoms. The minimum atomic E-state index is 0.933. The summed E-state index contributed by atoms with van der Waals surface area (Å²) in [7, 11) is 0. The highest BCUT2D eigenvalue weighted by atomic mass is 15.3. The van der Waals surface area contributed by atoms with E-state index >= 15 is 0 Å². The van der Waals surface area contributed by atoms with E-state index < -0.39 is 0 Å². The second-order valence-corrected chi connectivity index (χ2v) is 4.60. The third-order valence-electron chi connectivity index (χ3n) is 3.36. The molecule has 0 unspecified atom stereocenters. The van der Waals surface area contributed by atoms with Gasteiger partial charge in [-0.2, -0.15) is 0 Å². The summed E-state index contributed by atoms with van der Waals surface area (Å²) >= 11 is 0. The van der Waals surface area contributed by atoms with E-state index in [-0.39, 0.29) is 0 Å². The van der Waals surface area contributed by atoms with Gasteiger partial charge in [-0.3, -0.25) is 9.80 Å². The minimum absolute atomic E-state index is 0.933. The van der Waals surface area contributed by atoms with Crippen LogP contribution >= 0.6 is 0 Å². The van der Waals surface area contributed by atoms with Crippen LogP contribution in [0.3, 0.4) is 0 Å². The van der Waals surface area contributed by atoms with Crippen molar-refractivity contribution in [2.45, 2.75) is 18.9 Å². The van der Waals surface area contributed by atoms with E-state index in [4.69, 9.17) is 0 Å². The third-order valence-corrected chi connectivity index (χ3v) is 3.36. The molecule has 0 atom stereocenters. The van der Waals surface area contributed by atoms with Crippen LogP contribution in [-0.2, 0) is 0 Å². The fourth-order valence-electron chi connectivity index (χ4n) is 2.23. The molecule has 1 N–H and O–H groups in total. The zero-order valence-electron chi connectivity index (χ0n) is 9.62. The lowest BCUT2D eigenvalue weighted by Crippen LogP contribution is -2.48. The van der Waals surface area contributed by atoms with Gasteiger partial charge in [-0.1, -0.05) is 6.08 Å². The van der Waals surface area contributed by atoms with Crippen LogP contribution in [-0.4, -0.2) is 61.7 Å². The smallest absolute Gasteiger partial charge is 0.0132 e. The lowest BCUT2D eigenvalue weighted by Gasteiger charge is -2.34. The quantitative estimate of drug-likeness (QED) is 0.509. The summed E-state index contributed by atoms with van der Waals surface area (Å²) in [6, 6.07) is 0.950. The Morgan fingerprint density at radius 3 is 2.53 bits per heavy atom. The van der Waals surface area contributed by atoms with Gasteiger partial charge in [-0.15, -0.1) is 6.58 Å². The van der Waals surface area contributed by atoms with Gasteiger partial charge in [0.25, 0.3) is 0 Å². The molecule has 0 radical (unpaired) electrons. The molecule has 0 aromatic heterocycles. The van der Waals surface area contributed by atoms with Crippen LogP contribution < -0.4 is 5.32 Å². The van der Waals surface area contributed by atoms with Crippen molar-refractivity contribution in [3.8, 4) is 0 Å². The normalized spacial score (nSPS) is 24.3. The summed E-state index contributed by atoms with van der Waals surface area (Å²) in [6.07, 6.45) is 4.81. The molecule has 86 valence electrons. The van der Waals surface area contributed by atoms with Crippen molar-refractivity contribution >= 4 is 0 Å². The Morgan fingerprint density at radius 2 is 1.93 bits per heavy atom. The molecule has 1 saturated heterocycles. The van der Waals surface area contributed by atoms with Crippen LogP contribution in [0.15, 0.2) is 12.7 Å². The molecule has 1 heterocycles. The highest BCUT2D eigenvalue weighted by Crippen LogP contribution is 2.27. The summed E-state index contributed by atoms with van der Waals surface area (Å²) in [5.74, 6) is 0. The Morgan fingerprint density at radius 1 is 1.20 bits per heavy atom. The van der Waals surface area contributed by atoms with Crippen LogP contribution in [0.5, 0.6) is 0 Å². The first-order valence-electron chi connectivity index (χ1n) is 6.18. The second kappa shape index (κ2) is 5.64. The van der Waals surface area contributed by atoms with Gasteiger partial charge in [0.1, 0.15) is 0 Å². The fourth-order valence-corrected chi connectivity index (χ4v) is 2.23. The van der Waals surface area contributed by atoms with Crippen molar-refractivity contribution in [2.75, 3.05) is 45.8 Å². The van der Waals surface area contributed by atoms with Crippen LogP contribution in [0.4, 0.5) is 0 Å². The third kappa shape index (κ3) is 3.59. The van der Waals surface area contributed by atoms with E-state index in [1.54, 1.807) is 0 Å². The Bertz CT molecular complexity index is 193. The summed E-state index contributed by atoms with van der Waals surface area (Å²) < 4.78 is 0. The number of hydrogen-bond acceptors (Lipinski definition) is 3. The molecule has 0 aromatic rings. The average Bonchev–Trinajstić information content (AvgIpc) is 3.09. The molecule has 0 amide bonds. The van der Waals surface area contributed by atoms with Crippen molar-refractivity contribution in [1.82, 2.24) is 15.1 Å². The molecule has 15 heavy (non-hydrogen) atoms. The molecule has 2 rings (SSSR count). The number of nitrogens with zero attached hydrogens (tertiary/aromatic N) is 2. The van der Waals surface area contributed by atoms with Gasteiger partial charge in [0, 0.05) is 51.9 Å². The van der Waals surface area contributed by atoms with Crippen molar-refractivity contribution in [3.63, 3.8) is 0 Å². The van der Waals surface area contributed by atoms with Crippen molar-refractivity contribution in [2.24, 2.45) is 0 Å². The minimum Gasteiger partial charge on any atom is -0.312 e. The molecular weight excluding hydrogens is 186 g/mol. The van der Waals surface area contributed by atoms with Crippen molar-refractivity contribution in [3.05, 3.63) is 12.7 Å². The number of nitrogens with one attached hydrogen (secondary N) is 1. The van der Waals surface area contributed by atoms with Crippen molar-refractivity contribution in [1.29, 1.82) is 0 Å². The first-order valence-corrected chi connectivity index (χ1v) is 6.18. The maximum atomic E-state index is 3.70. The van der Waals surface area contributed by atoms with Crippen molar-refractivity contribution < 1.29 is 0 Å². The molecule has 3 nitrogen and oxygen atoms in total. The van der Waals surface area contributed by atoms with Crippen LogP contribution in [0.2, 0.25) is 0 Å². The largest absolute Gasteiger partial charge is 0.312 e. The SMILES string of the molecule is C=CCNCCN1CCN(C2CC2)CC1. The predicted octanol–water partition coefficient (Wildman–Crippen LogP) is 0.542. The van der Waals surface area contributed by atoms with Crippen LogP contribution in [0.25, 0.3) is 0 Å². The predicted molar refractivity (Wildman–Crippen MR) is 64.1 cm³/mol. The molecule has 1 saturated carbocycles. The Hall–Kier alpha value is -0.380. The molecule has 0 spiro atoms. The van der Waals surface area contributed by atoms with Gasteiger partial charge in [-0.05, 0) is 12.8 Å². The van der Waals surface area contributed by atoms with E-state index in [9.17, 15) is 0 Å². The zero-order valence-corrected chi connectivity index (χ0v) is 9.62. The lowest BCUT2D eigenvalue weighted by molar-refractivity contribution is 0.127. The average molecular weight is 209 g/mol. The first-order chi connectivity index (χ1) is 7.40. The Balaban J connectivity index is 1.54. The highest BCUT2D eigenvalue weighted by Gasteiger charge is 2.30. The highest BCUT2D eigenvalue weighted by molar-refractivity contribution is 4.87. The molecule has 1 aliphatic heterocycles. The summed E-state index contributed by atoms with van der Waals surface area (Å²) in [5, 5.41) is 3.36. The van der Waals surface area contributed by atoms with E-state index in [0.717, 1.165) is 19.1 Å². The molecule has 2 aliphatic rings. The van der Waals surface area contributed by atoms with Gasteiger partial charge in [0.15, 0.2) is 0 Å². The monoisotopic (exact) mass is 209 g/mol. The number of rotatable bonds is 6. The van der Waals surface area contributed by atoms with E-state index in [2.05, 4.69) is 21.7 Å². The van der Waals surface area contributed by atoms with E-state index in [0.29, 0.717) is 0 Å². The molecule has 1 aliphatic carbocycles. The fraction of sp³-hybridized carbons (Fsp3) is 0.833. The summed E-state index contributed by atoms with van der Waals surface area (Å²) in [5.41, 5.74) is 0. The van der Waals surface area contributed by atoms with Gasteiger partial charge in [0.05, 0.1) is 0 Å². The zero-order chi connectivity index (χ0) is 10.5. The van der Waals surface area contributed by atoms with Gasteiger partial charge < -0.3 is 5.32 Å². The molecule has 3 heteroatoms. The Kier molecular flexibility index (Phi) is 4.18. The lowest BCUT2D eigenvalue weighted by atomic mass is 10.3. The standard InChI is InChI=1S/C12H23N3/c1-2-5-13-6-7-14-8-10-15(11-9-14)12-3-4-12/h2,12-13H,1,3-11H2. The summed E-state index contributed by atoms with van der Waals surface area (Å²) in [4.78, 5) is 5.22. The first kappa shape index (κ1) is 11.1. The maximum Gasteiger partial charge on any atom is 0.0132 e. The van der Waals surface area contributed by atoms with E-state index in [1.165, 1.54) is 45.6 Å². The number of hydrogen-bond donors (Lipinski definition) is 1. The van der Waals surface area contributed by atoms with Gasteiger partial charge in [0.2, 0.25) is 0 Å². The topological polar surface area (TPSA) is 18.5 Å². The molecule has 2 fully saturated rings.